The molecule has 0 aromatic rings. The molecule has 1 N–H and O–H groups in total. The van der Waals surface area contributed by atoms with Gasteiger partial charge in [-0.05, 0) is 55.4 Å². The molecule has 0 aromatic carbocycles. The Labute approximate surface area is 161 Å². The molecule has 148 valence electrons. The van der Waals surface area contributed by atoms with Crippen LogP contribution in [0, 0.1) is 22.7 Å². The molecule has 2 fully saturated rings. The molecule has 3 aliphatic rings. The summed E-state index contributed by atoms with van der Waals surface area (Å²) in [5, 5.41) is 10.3. The second-order valence-electron chi connectivity index (χ2n) is 8.71. The number of carbonyl (C=O) groups excluding carboxylic acids is 2. The molecule has 5 heteroatoms. The van der Waals surface area contributed by atoms with Crippen molar-refractivity contribution in [2.45, 2.75) is 59.0 Å². The van der Waals surface area contributed by atoms with Crippen LogP contribution in [0.25, 0.3) is 0 Å². The smallest absolute Gasteiger partial charge is 0.342 e. The van der Waals surface area contributed by atoms with Gasteiger partial charge in [-0.3, -0.25) is 4.79 Å². The molecule has 0 radical (unpaired) electrons. The molecule has 27 heavy (non-hydrogen) atoms. The van der Waals surface area contributed by atoms with Gasteiger partial charge in [-0.2, -0.15) is 0 Å². The maximum Gasteiger partial charge on any atom is 0.342 e. The molecular weight excluding hydrogens is 344 g/mol. The molecule has 5 nitrogen and oxygen atoms in total. The molecule has 0 spiro atoms. The Bertz CT molecular complexity index is 705. The molecule has 1 unspecified atom stereocenters. The van der Waals surface area contributed by atoms with Crippen LogP contribution in [0.5, 0.6) is 0 Å². The first-order valence-corrected chi connectivity index (χ1v) is 9.76. The number of rotatable bonds is 4. The largest absolute Gasteiger partial charge is 0.462 e. The van der Waals surface area contributed by atoms with Gasteiger partial charge >= 0.3 is 11.9 Å². The van der Waals surface area contributed by atoms with E-state index < -0.39 is 5.41 Å². The predicted octanol–water partition coefficient (Wildman–Crippen LogP) is 3.69. The third kappa shape index (κ3) is 3.38. The second-order valence-corrected chi connectivity index (χ2v) is 8.71. The third-order valence-corrected chi connectivity index (χ3v) is 7.20. The fourth-order valence-corrected chi connectivity index (χ4v) is 5.71. The average molecular weight is 374 g/mol. The van der Waals surface area contributed by atoms with E-state index in [1.54, 1.807) is 6.08 Å². The van der Waals surface area contributed by atoms with Gasteiger partial charge in [0.15, 0.2) is 0 Å². The number of allylic oxidation sites excluding steroid dienone is 2. The van der Waals surface area contributed by atoms with Crippen molar-refractivity contribution in [2.24, 2.45) is 22.7 Å². The van der Waals surface area contributed by atoms with Gasteiger partial charge < -0.3 is 14.6 Å². The van der Waals surface area contributed by atoms with E-state index in [1.807, 2.05) is 13.0 Å². The van der Waals surface area contributed by atoms with Crippen LogP contribution in [0.2, 0.25) is 0 Å². The van der Waals surface area contributed by atoms with Gasteiger partial charge in [0.1, 0.15) is 6.10 Å². The van der Waals surface area contributed by atoms with Crippen LogP contribution >= 0.6 is 0 Å². The minimum absolute atomic E-state index is 0.0133. The van der Waals surface area contributed by atoms with Crippen molar-refractivity contribution in [2.75, 3.05) is 6.61 Å². The standard InChI is InChI=1S/C22H30O5/c1-14-5-8-18-21(3,17(14)7-6-16-10-12-26-20(16)25)11-9-19(27-15(2)24)22(18,4)13-23/h6,10,12,17-19,23H,1,5,7-9,11,13H2,2-4H3/b16-6+/t17-,18?,19-,21+,22+/m1/s1. The number of hydrogen-bond acceptors (Lipinski definition) is 5. The van der Waals surface area contributed by atoms with E-state index in [0.29, 0.717) is 5.57 Å². The average Bonchev–Trinajstić information content (AvgIpc) is 3.02. The van der Waals surface area contributed by atoms with E-state index in [4.69, 9.17) is 9.47 Å². The van der Waals surface area contributed by atoms with Gasteiger partial charge in [-0.25, -0.2) is 4.79 Å². The molecular formula is C22H30O5. The predicted molar refractivity (Wildman–Crippen MR) is 101 cm³/mol. The van der Waals surface area contributed by atoms with Gasteiger partial charge in [0.2, 0.25) is 0 Å². The van der Waals surface area contributed by atoms with Crippen LogP contribution in [0.15, 0.2) is 36.1 Å². The van der Waals surface area contributed by atoms with Crippen LogP contribution in [-0.4, -0.2) is 29.8 Å². The molecule has 1 aliphatic heterocycles. The quantitative estimate of drug-likeness (QED) is 0.462. The first kappa shape index (κ1) is 19.9. The first-order chi connectivity index (χ1) is 12.7. The zero-order chi connectivity index (χ0) is 19.8. The zero-order valence-electron chi connectivity index (χ0n) is 16.5. The zero-order valence-corrected chi connectivity index (χ0v) is 16.5. The highest BCUT2D eigenvalue weighted by atomic mass is 16.5. The minimum atomic E-state index is -0.475. The van der Waals surface area contributed by atoms with Gasteiger partial charge in [0.25, 0.3) is 0 Å². The van der Waals surface area contributed by atoms with E-state index in [-0.39, 0.29) is 41.9 Å². The van der Waals surface area contributed by atoms with Gasteiger partial charge in [-0.1, -0.05) is 32.1 Å². The Balaban J connectivity index is 1.89. The van der Waals surface area contributed by atoms with E-state index in [0.717, 1.165) is 32.1 Å². The lowest BCUT2D eigenvalue weighted by molar-refractivity contribution is -0.185. The maximum atomic E-state index is 11.7. The summed E-state index contributed by atoms with van der Waals surface area (Å²) in [5.41, 5.74) is 1.25. The normalized spacial score (nSPS) is 40.0. The Hall–Kier alpha value is -1.88. The first-order valence-electron chi connectivity index (χ1n) is 9.76. The fourth-order valence-electron chi connectivity index (χ4n) is 5.71. The molecule has 0 amide bonds. The lowest BCUT2D eigenvalue weighted by Crippen LogP contribution is -2.58. The number of hydrogen-bond donors (Lipinski definition) is 1. The van der Waals surface area contributed by atoms with Crippen LogP contribution in [-0.2, 0) is 19.1 Å². The molecule has 3 rings (SSSR count). The molecule has 0 saturated heterocycles. The summed E-state index contributed by atoms with van der Waals surface area (Å²) in [7, 11) is 0. The summed E-state index contributed by atoms with van der Waals surface area (Å²) in [5.74, 6) is -0.170. The van der Waals surface area contributed by atoms with Crippen molar-refractivity contribution in [3.8, 4) is 0 Å². The van der Waals surface area contributed by atoms with Crippen LogP contribution < -0.4 is 0 Å². The highest BCUT2D eigenvalue weighted by Crippen LogP contribution is 2.62. The van der Waals surface area contributed by atoms with E-state index in [2.05, 4.69) is 13.5 Å². The minimum Gasteiger partial charge on any atom is -0.462 e. The monoisotopic (exact) mass is 374 g/mol. The third-order valence-electron chi connectivity index (χ3n) is 7.20. The number of fused-ring (bicyclic) bond motifs is 1. The Morgan fingerprint density at radius 2 is 2.19 bits per heavy atom. The fraction of sp³-hybridized carbons (Fsp3) is 0.636. The number of aliphatic hydroxyl groups excluding tert-OH is 1. The SMILES string of the molecule is C=C1CCC2[C@](C)(CO)[C@H](OC(C)=O)CC[C@@]2(C)[C@@H]1C/C=C1\C=COC1=O. The lowest BCUT2D eigenvalue weighted by atomic mass is 9.46. The summed E-state index contributed by atoms with van der Waals surface area (Å²) in [6, 6.07) is 0. The van der Waals surface area contributed by atoms with Crippen molar-refractivity contribution < 1.29 is 24.2 Å². The van der Waals surface area contributed by atoms with Gasteiger partial charge in [0, 0.05) is 12.3 Å². The van der Waals surface area contributed by atoms with E-state index in [1.165, 1.54) is 18.8 Å². The topological polar surface area (TPSA) is 72.8 Å². The van der Waals surface area contributed by atoms with Crippen LogP contribution in [0.4, 0.5) is 0 Å². The number of carbonyl (C=O) groups is 2. The molecule has 0 bridgehead atoms. The molecule has 0 aromatic heterocycles. The Morgan fingerprint density at radius 3 is 2.78 bits per heavy atom. The van der Waals surface area contributed by atoms with E-state index >= 15 is 0 Å². The molecule has 2 aliphatic carbocycles. The van der Waals surface area contributed by atoms with Crippen molar-refractivity contribution >= 4 is 11.9 Å². The number of aliphatic hydroxyl groups is 1. The summed E-state index contributed by atoms with van der Waals surface area (Å²) in [4.78, 5) is 23.3. The summed E-state index contributed by atoms with van der Waals surface area (Å²) < 4.78 is 10.5. The summed E-state index contributed by atoms with van der Waals surface area (Å²) >= 11 is 0. The van der Waals surface area contributed by atoms with Crippen LogP contribution in [0.3, 0.4) is 0 Å². The molecule has 2 saturated carbocycles. The van der Waals surface area contributed by atoms with Crippen molar-refractivity contribution in [3.63, 3.8) is 0 Å². The highest BCUT2D eigenvalue weighted by molar-refractivity contribution is 5.94. The lowest BCUT2D eigenvalue weighted by Gasteiger charge is -2.60. The van der Waals surface area contributed by atoms with Crippen LogP contribution in [0.1, 0.15) is 52.9 Å². The second kappa shape index (κ2) is 7.27. The van der Waals surface area contributed by atoms with Gasteiger partial charge in [-0.15, -0.1) is 0 Å². The van der Waals surface area contributed by atoms with Crippen molar-refractivity contribution in [3.05, 3.63) is 36.1 Å². The maximum absolute atomic E-state index is 11.7. The number of esters is 2. The van der Waals surface area contributed by atoms with Crippen molar-refractivity contribution in [1.29, 1.82) is 0 Å². The summed E-state index contributed by atoms with van der Waals surface area (Å²) in [6.07, 6.45) is 8.96. The Morgan fingerprint density at radius 1 is 1.44 bits per heavy atom. The van der Waals surface area contributed by atoms with Crippen molar-refractivity contribution in [1.82, 2.24) is 0 Å². The van der Waals surface area contributed by atoms with E-state index in [9.17, 15) is 14.7 Å². The Kier molecular flexibility index (Phi) is 5.35. The number of cyclic esters (lactones) is 1. The van der Waals surface area contributed by atoms with Gasteiger partial charge in [0.05, 0.1) is 18.4 Å². The highest BCUT2D eigenvalue weighted by Gasteiger charge is 2.58. The molecule has 5 atom stereocenters. The molecule has 1 heterocycles. The number of ether oxygens (including phenoxy) is 2. The summed E-state index contributed by atoms with van der Waals surface area (Å²) in [6.45, 7) is 10.1.